The van der Waals surface area contributed by atoms with Gasteiger partial charge in [0, 0.05) is 19.0 Å². The highest BCUT2D eigenvalue weighted by molar-refractivity contribution is 5.84. The highest BCUT2D eigenvalue weighted by atomic mass is 19.1. The Hall–Kier alpha value is -2.69. The van der Waals surface area contributed by atoms with Gasteiger partial charge >= 0.3 is 0 Å². The molecule has 1 heterocycles. The van der Waals surface area contributed by atoms with E-state index in [0.29, 0.717) is 25.1 Å². The van der Waals surface area contributed by atoms with Crippen molar-refractivity contribution in [2.45, 2.75) is 45.2 Å². The van der Waals surface area contributed by atoms with Crippen LogP contribution in [0.4, 0.5) is 4.39 Å². The highest BCUT2D eigenvalue weighted by Crippen LogP contribution is 2.39. The zero-order valence-corrected chi connectivity index (χ0v) is 16.7. The Bertz CT molecular complexity index is 895. The first-order valence-electron chi connectivity index (χ1n) is 10.4. The third kappa shape index (κ3) is 4.50. The first-order valence-corrected chi connectivity index (χ1v) is 10.4. The molecule has 1 aliphatic carbocycles. The van der Waals surface area contributed by atoms with Crippen LogP contribution in [0.15, 0.2) is 48.5 Å². The van der Waals surface area contributed by atoms with Crippen LogP contribution in [-0.4, -0.2) is 23.3 Å². The number of halogens is 1. The molecule has 1 saturated heterocycles. The number of hydrogen-bond acceptors (Lipinski definition) is 2. The van der Waals surface area contributed by atoms with Gasteiger partial charge in [-0.3, -0.25) is 9.59 Å². The average Bonchev–Trinajstić information content (AvgIpc) is 3.59. The molecule has 0 spiro atoms. The minimum absolute atomic E-state index is 0.00353. The van der Waals surface area contributed by atoms with Crippen molar-refractivity contribution in [3.8, 4) is 0 Å². The van der Waals surface area contributed by atoms with E-state index < -0.39 is 0 Å². The van der Waals surface area contributed by atoms with Gasteiger partial charge in [-0.05, 0) is 55.4 Å². The predicted octanol–water partition coefficient (Wildman–Crippen LogP) is 4.14. The number of likely N-dealkylation sites (tertiary alicyclic amines) is 1. The van der Waals surface area contributed by atoms with Crippen LogP contribution in [0.25, 0.3) is 0 Å². The number of rotatable bonds is 5. The summed E-state index contributed by atoms with van der Waals surface area (Å²) < 4.78 is 13.7. The zero-order chi connectivity index (χ0) is 20.4. The molecule has 1 aliphatic heterocycles. The maximum absolute atomic E-state index is 13.7. The fourth-order valence-corrected chi connectivity index (χ4v) is 4.14. The van der Waals surface area contributed by atoms with Crippen molar-refractivity contribution in [3.63, 3.8) is 0 Å². The van der Waals surface area contributed by atoms with E-state index in [-0.39, 0.29) is 35.5 Å². The van der Waals surface area contributed by atoms with Crippen molar-refractivity contribution in [1.29, 1.82) is 0 Å². The van der Waals surface area contributed by atoms with Gasteiger partial charge in [0.2, 0.25) is 11.8 Å². The summed E-state index contributed by atoms with van der Waals surface area (Å²) in [5.74, 6) is -0.221. The van der Waals surface area contributed by atoms with Crippen LogP contribution in [0, 0.1) is 24.6 Å². The summed E-state index contributed by atoms with van der Waals surface area (Å²) in [6.07, 6.45) is 3.29. The Balaban J connectivity index is 1.47. The number of nitrogens with zero attached hydrogens (tertiary/aromatic N) is 1. The fourth-order valence-electron chi connectivity index (χ4n) is 4.14. The standard InChI is InChI=1S/C24H27FN2O2/c1-16-13-19(9-11-21(16)25)22-12-10-20(15-27(22)24(29)18-7-8-18)23(28)26-14-17-5-3-2-4-6-17/h2-6,9,11,13,18,20,22H,7-8,10,12,14-15H2,1H3,(H,26,28). The first-order chi connectivity index (χ1) is 14.0. The van der Waals surface area contributed by atoms with E-state index in [0.717, 1.165) is 30.4 Å². The van der Waals surface area contributed by atoms with Crippen molar-refractivity contribution in [2.24, 2.45) is 11.8 Å². The van der Waals surface area contributed by atoms with Crippen molar-refractivity contribution in [3.05, 3.63) is 71.0 Å². The van der Waals surface area contributed by atoms with Crippen molar-refractivity contribution >= 4 is 11.8 Å². The quantitative estimate of drug-likeness (QED) is 0.829. The van der Waals surface area contributed by atoms with E-state index >= 15 is 0 Å². The van der Waals surface area contributed by atoms with Crippen LogP contribution in [0.2, 0.25) is 0 Å². The molecule has 152 valence electrons. The van der Waals surface area contributed by atoms with Gasteiger partial charge in [0.05, 0.1) is 12.0 Å². The molecule has 5 heteroatoms. The number of amides is 2. The maximum atomic E-state index is 13.7. The second kappa shape index (κ2) is 8.36. The molecular formula is C24H27FN2O2. The van der Waals surface area contributed by atoms with E-state index in [1.165, 1.54) is 6.07 Å². The SMILES string of the molecule is Cc1cc(C2CCC(C(=O)NCc3ccccc3)CN2C(=O)C2CC2)ccc1F. The number of carbonyl (C=O) groups is 2. The smallest absolute Gasteiger partial charge is 0.226 e. The van der Waals surface area contributed by atoms with E-state index in [1.807, 2.05) is 41.3 Å². The molecule has 2 aromatic carbocycles. The van der Waals surface area contributed by atoms with Crippen LogP contribution < -0.4 is 5.32 Å². The molecule has 2 fully saturated rings. The molecule has 2 atom stereocenters. The molecule has 0 radical (unpaired) electrons. The topological polar surface area (TPSA) is 49.4 Å². The van der Waals surface area contributed by atoms with Gasteiger partial charge < -0.3 is 10.2 Å². The third-order valence-corrected chi connectivity index (χ3v) is 6.04. The average molecular weight is 394 g/mol. The Morgan fingerprint density at radius 3 is 2.45 bits per heavy atom. The van der Waals surface area contributed by atoms with Crippen molar-refractivity contribution < 1.29 is 14.0 Å². The lowest BCUT2D eigenvalue weighted by Gasteiger charge is -2.40. The summed E-state index contributed by atoms with van der Waals surface area (Å²) in [6.45, 7) is 2.67. The van der Waals surface area contributed by atoms with Gasteiger partial charge in [-0.1, -0.05) is 42.5 Å². The van der Waals surface area contributed by atoms with Crippen molar-refractivity contribution in [1.82, 2.24) is 10.2 Å². The van der Waals surface area contributed by atoms with E-state index in [1.54, 1.807) is 13.0 Å². The summed E-state index contributed by atoms with van der Waals surface area (Å²) in [5.41, 5.74) is 2.60. The molecule has 2 amide bonds. The fraction of sp³-hybridized carbons (Fsp3) is 0.417. The van der Waals surface area contributed by atoms with Gasteiger partial charge in [0.25, 0.3) is 0 Å². The van der Waals surface area contributed by atoms with Crippen molar-refractivity contribution in [2.75, 3.05) is 6.54 Å². The molecule has 4 nitrogen and oxygen atoms in total. The lowest BCUT2D eigenvalue weighted by molar-refractivity contribution is -0.140. The molecule has 2 unspecified atom stereocenters. The number of benzene rings is 2. The van der Waals surface area contributed by atoms with Gasteiger partial charge in [0.15, 0.2) is 0 Å². The summed E-state index contributed by atoms with van der Waals surface area (Å²) in [6, 6.07) is 14.8. The molecule has 0 aromatic heterocycles. The minimum atomic E-state index is -0.234. The van der Waals surface area contributed by atoms with Gasteiger partial charge in [-0.25, -0.2) is 4.39 Å². The van der Waals surface area contributed by atoms with Crippen LogP contribution in [-0.2, 0) is 16.1 Å². The van der Waals surface area contributed by atoms with Gasteiger partial charge in [0.1, 0.15) is 5.82 Å². The molecule has 1 saturated carbocycles. The number of nitrogens with one attached hydrogen (secondary N) is 1. The summed E-state index contributed by atoms with van der Waals surface area (Å²) in [5, 5.41) is 3.02. The number of aryl methyl sites for hydroxylation is 1. The Morgan fingerprint density at radius 2 is 1.76 bits per heavy atom. The number of hydrogen-bond donors (Lipinski definition) is 1. The Labute approximate surface area is 171 Å². The van der Waals surface area contributed by atoms with Crippen LogP contribution in [0.3, 0.4) is 0 Å². The van der Waals surface area contributed by atoms with Gasteiger partial charge in [-0.2, -0.15) is 0 Å². The molecule has 2 aliphatic rings. The lowest BCUT2D eigenvalue weighted by atomic mass is 9.87. The number of piperidine rings is 1. The second-order valence-electron chi connectivity index (χ2n) is 8.27. The first kappa shape index (κ1) is 19.6. The predicted molar refractivity (Wildman–Crippen MR) is 109 cm³/mol. The molecular weight excluding hydrogens is 367 g/mol. The summed E-state index contributed by atoms with van der Waals surface area (Å²) in [4.78, 5) is 27.6. The highest BCUT2D eigenvalue weighted by Gasteiger charge is 2.41. The molecule has 0 bridgehead atoms. The lowest BCUT2D eigenvalue weighted by Crippen LogP contribution is -2.47. The molecule has 1 N–H and O–H groups in total. The largest absolute Gasteiger partial charge is 0.352 e. The minimum Gasteiger partial charge on any atom is -0.352 e. The zero-order valence-electron chi connectivity index (χ0n) is 16.7. The normalized spacial score (nSPS) is 21.7. The Morgan fingerprint density at radius 1 is 1.03 bits per heavy atom. The molecule has 2 aromatic rings. The number of carbonyl (C=O) groups excluding carboxylic acids is 2. The summed E-state index contributed by atoms with van der Waals surface area (Å²) >= 11 is 0. The molecule has 4 rings (SSSR count). The van der Waals surface area contributed by atoms with Crippen LogP contribution in [0.1, 0.15) is 48.4 Å². The van der Waals surface area contributed by atoms with Crippen LogP contribution in [0.5, 0.6) is 0 Å². The monoisotopic (exact) mass is 394 g/mol. The Kier molecular flexibility index (Phi) is 5.65. The third-order valence-electron chi connectivity index (χ3n) is 6.04. The van der Waals surface area contributed by atoms with Crippen LogP contribution >= 0.6 is 0 Å². The van der Waals surface area contributed by atoms with Gasteiger partial charge in [-0.15, -0.1) is 0 Å². The maximum Gasteiger partial charge on any atom is 0.226 e. The van der Waals surface area contributed by atoms with E-state index in [2.05, 4.69) is 5.32 Å². The molecule has 29 heavy (non-hydrogen) atoms. The van der Waals surface area contributed by atoms with E-state index in [9.17, 15) is 14.0 Å². The summed E-state index contributed by atoms with van der Waals surface area (Å²) in [7, 11) is 0. The second-order valence-corrected chi connectivity index (χ2v) is 8.27. The van der Waals surface area contributed by atoms with E-state index in [4.69, 9.17) is 0 Å².